The van der Waals surface area contributed by atoms with E-state index >= 15 is 0 Å². The highest BCUT2D eigenvalue weighted by Crippen LogP contribution is 2.13. The molecule has 1 atom stereocenters. The average molecular weight is 326 g/mol. The highest BCUT2D eigenvalue weighted by atomic mass is 35.5. The number of nitrogens with two attached hydrogens (primary N) is 1. The first-order chi connectivity index (χ1) is 10.1. The van der Waals surface area contributed by atoms with Crippen LogP contribution in [0.25, 0.3) is 0 Å². The molecule has 2 rings (SSSR count). The van der Waals surface area contributed by atoms with Crippen molar-refractivity contribution in [1.82, 2.24) is 10.2 Å². The summed E-state index contributed by atoms with van der Waals surface area (Å²) in [6, 6.07) is 9.02. The Kier molecular flexibility index (Phi) is 7.01. The van der Waals surface area contributed by atoms with Gasteiger partial charge in [-0.15, -0.1) is 12.4 Å². The minimum Gasteiger partial charge on any atom is -0.354 e. The molecule has 1 aromatic carbocycles. The van der Waals surface area contributed by atoms with Crippen molar-refractivity contribution in [2.24, 2.45) is 5.73 Å². The summed E-state index contributed by atoms with van der Waals surface area (Å²) >= 11 is 0. The molecule has 1 fully saturated rings. The van der Waals surface area contributed by atoms with Crippen LogP contribution in [0.5, 0.6) is 0 Å². The number of amides is 3. The van der Waals surface area contributed by atoms with Gasteiger partial charge in [0.1, 0.15) is 0 Å². The van der Waals surface area contributed by atoms with Gasteiger partial charge < -0.3 is 11.1 Å². The van der Waals surface area contributed by atoms with E-state index in [1.165, 1.54) is 4.90 Å². The largest absolute Gasteiger partial charge is 0.354 e. The summed E-state index contributed by atoms with van der Waals surface area (Å²) in [6.45, 7) is 0.488. The van der Waals surface area contributed by atoms with E-state index < -0.39 is 0 Å². The Morgan fingerprint density at radius 3 is 2.36 bits per heavy atom. The Bertz CT molecular complexity index is 520. The number of carbonyl (C=O) groups is 3. The lowest BCUT2D eigenvalue weighted by Crippen LogP contribution is -2.38. The van der Waals surface area contributed by atoms with Crippen molar-refractivity contribution in [3.8, 4) is 0 Å². The smallest absolute Gasteiger partial charge is 0.229 e. The highest BCUT2D eigenvalue weighted by Gasteiger charge is 2.28. The van der Waals surface area contributed by atoms with E-state index in [1.54, 1.807) is 0 Å². The number of halogens is 1. The standard InChI is InChI=1S/C15H19N3O3.ClH/c16-12(11-4-2-1-3-5-11)10-13(19)17-8-9-18-14(20)6-7-15(18)21;/h1-5,12H,6-10,16H2,(H,17,19);1H. The number of carbonyl (C=O) groups excluding carboxylic acids is 3. The third-order valence-electron chi connectivity index (χ3n) is 3.45. The molecular weight excluding hydrogens is 306 g/mol. The minimum atomic E-state index is -0.360. The molecule has 0 radical (unpaired) electrons. The highest BCUT2D eigenvalue weighted by molar-refractivity contribution is 6.01. The van der Waals surface area contributed by atoms with E-state index in [4.69, 9.17) is 5.73 Å². The van der Waals surface area contributed by atoms with E-state index in [-0.39, 0.29) is 68.5 Å². The van der Waals surface area contributed by atoms with Crippen LogP contribution >= 0.6 is 12.4 Å². The molecule has 1 saturated heterocycles. The molecule has 1 heterocycles. The minimum absolute atomic E-state index is 0. The van der Waals surface area contributed by atoms with Gasteiger partial charge in [0.25, 0.3) is 0 Å². The molecule has 0 aliphatic carbocycles. The van der Waals surface area contributed by atoms with Crippen LogP contribution in [0.15, 0.2) is 30.3 Å². The van der Waals surface area contributed by atoms with Gasteiger partial charge in [0.05, 0.1) is 0 Å². The molecule has 1 unspecified atom stereocenters. The van der Waals surface area contributed by atoms with Crippen LogP contribution in [0.2, 0.25) is 0 Å². The molecule has 3 amide bonds. The quantitative estimate of drug-likeness (QED) is 0.755. The van der Waals surface area contributed by atoms with Crippen molar-refractivity contribution in [3.05, 3.63) is 35.9 Å². The summed E-state index contributed by atoms with van der Waals surface area (Å²) in [4.78, 5) is 35.8. The second-order valence-corrected chi connectivity index (χ2v) is 5.01. The molecule has 1 aromatic rings. The average Bonchev–Trinajstić information content (AvgIpc) is 2.80. The maximum absolute atomic E-state index is 11.8. The fraction of sp³-hybridized carbons (Fsp3) is 0.400. The van der Waals surface area contributed by atoms with E-state index in [2.05, 4.69) is 5.32 Å². The molecule has 0 aromatic heterocycles. The lowest BCUT2D eigenvalue weighted by molar-refractivity contribution is -0.138. The normalized spacial score (nSPS) is 15.4. The maximum Gasteiger partial charge on any atom is 0.229 e. The first-order valence-electron chi connectivity index (χ1n) is 6.98. The molecule has 1 aliphatic rings. The van der Waals surface area contributed by atoms with Crippen LogP contribution in [0.1, 0.15) is 30.9 Å². The van der Waals surface area contributed by atoms with Crippen molar-refractivity contribution in [3.63, 3.8) is 0 Å². The van der Waals surface area contributed by atoms with Gasteiger partial charge in [-0.05, 0) is 5.56 Å². The fourth-order valence-electron chi connectivity index (χ4n) is 2.27. The summed E-state index contributed by atoms with van der Waals surface area (Å²) in [5.74, 6) is -0.532. The predicted octanol–water partition coefficient (Wildman–Crippen LogP) is 0.763. The van der Waals surface area contributed by atoms with Gasteiger partial charge in [0.2, 0.25) is 17.7 Å². The zero-order valence-electron chi connectivity index (χ0n) is 12.2. The number of hydrogen-bond acceptors (Lipinski definition) is 4. The summed E-state index contributed by atoms with van der Waals surface area (Å²) < 4.78 is 0. The maximum atomic E-state index is 11.8. The van der Waals surface area contributed by atoms with Crippen molar-refractivity contribution in [2.75, 3.05) is 13.1 Å². The zero-order valence-corrected chi connectivity index (χ0v) is 13.0. The van der Waals surface area contributed by atoms with Crippen molar-refractivity contribution in [1.29, 1.82) is 0 Å². The Labute approximate surface area is 135 Å². The molecule has 6 nitrogen and oxygen atoms in total. The predicted molar refractivity (Wildman–Crippen MR) is 84.2 cm³/mol. The van der Waals surface area contributed by atoms with Gasteiger partial charge in [-0.2, -0.15) is 0 Å². The number of nitrogens with zero attached hydrogens (tertiary/aromatic N) is 1. The molecule has 0 bridgehead atoms. The second kappa shape index (κ2) is 8.51. The lowest BCUT2D eigenvalue weighted by atomic mass is 10.0. The second-order valence-electron chi connectivity index (χ2n) is 5.01. The van der Waals surface area contributed by atoms with Crippen molar-refractivity contribution in [2.45, 2.75) is 25.3 Å². The van der Waals surface area contributed by atoms with Gasteiger partial charge in [-0.1, -0.05) is 30.3 Å². The summed E-state index contributed by atoms with van der Waals surface area (Å²) in [6.07, 6.45) is 0.712. The van der Waals surface area contributed by atoms with Crippen molar-refractivity contribution >= 4 is 30.1 Å². The Morgan fingerprint density at radius 2 is 1.77 bits per heavy atom. The Hall–Kier alpha value is -1.92. The van der Waals surface area contributed by atoms with Crippen LogP contribution in [0.4, 0.5) is 0 Å². The first kappa shape index (κ1) is 18.1. The third kappa shape index (κ3) is 4.82. The number of rotatable bonds is 6. The number of likely N-dealkylation sites (tertiary alicyclic amines) is 1. The Balaban J connectivity index is 0.00000242. The molecule has 0 saturated carbocycles. The van der Waals surface area contributed by atoms with Gasteiger partial charge in [0, 0.05) is 38.4 Å². The number of imide groups is 1. The summed E-state index contributed by atoms with van der Waals surface area (Å²) in [5.41, 5.74) is 6.85. The van der Waals surface area contributed by atoms with E-state index in [0.29, 0.717) is 0 Å². The third-order valence-corrected chi connectivity index (χ3v) is 3.45. The molecule has 0 spiro atoms. The van der Waals surface area contributed by atoms with Gasteiger partial charge >= 0.3 is 0 Å². The number of hydrogen-bond donors (Lipinski definition) is 2. The van der Waals surface area contributed by atoms with E-state index in [1.807, 2.05) is 30.3 Å². The topological polar surface area (TPSA) is 92.5 Å². The Morgan fingerprint density at radius 1 is 1.18 bits per heavy atom. The monoisotopic (exact) mass is 325 g/mol. The van der Waals surface area contributed by atoms with Crippen LogP contribution in [-0.4, -0.2) is 35.7 Å². The van der Waals surface area contributed by atoms with Crippen LogP contribution in [0, 0.1) is 0 Å². The molecule has 22 heavy (non-hydrogen) atoms. The van der Waals surface area contributed by atoms with Gasteiger partial charge in [-0.3, -0.25) is 19.3 Å². The summed E-state index contributed by atoms with van der Waals surface area (Å²) in [7, 11) is 0. The first-order valence-corrected chi connectivity index (χ1v) is 6.98. The van der Waals surface area contributed by atoms with E-state index in [9.17, 15) is 14.4 Å². The molecule has 120 valence electrons. The molecule has 1 aliphatic heterocycles. The summed E-state index contributed by atoms with van der Waals surface area (Å²) in [5, 5.41) is 2.69. The fourth-order valence-corrected chi connectivity index (χ4v) is 2.27. The van der Waals surface area contributed by atoms with Crippen LogP contribution in [-0.2, 0) is 14.4 Å². The number of nitrogens with one attached hydrogen (secondary N) is 1. The van der Waals surface area contributed by atoms with Gasteiger partial charge in [-0.25, -0.2) is 0 Å². The van der Waals surface area contributed by atoms with Crippen molar-refractivity contribution < 1.29 is 14.4 Å². The van der Waals surface area contributed by atoms with Gasteiger partial charge in [0.15, 0.2) is 0 Å². The SMILES string of the molecule is Cl.NC(CC(=O)NCCN1C(=O)CCC1=O)c1ccccc1. The molecular formula is C15H20ClN3O3. The number of benzene rings is 1. The van der Waals surface area contributed by atoms with Crippen LogP contribution in [0.3, 0.4) is 0 Å². The molecule has 3 N–H and O–H groups in total. The lowest BCUT2D eigenvalue weighted by Gasteiger charge is -2.15. The molecule has 7 heteroatoms. The van der Waals surface area contributed by atoms with Crippen LogP contribution < -0.4 is 11.1 Å². The van der Waals surface area contributed by atoms with E-state index in [0.717, 1.165) is 5.56 Å². The zero-order chi connectivity index (χ0) is 15.2.